The number of halogens is 3. The van der Waals surface area contributed by atoms with Crippen LogP contribution in [0.15, 0.2) is 29.3 Å². The molecule has 1 amide bonds. The molecule has 1 aliphatic rings. The highest BCUT2D eigenvalue weighted by Crippen LogP contribution is 2.26. The first-order valence-corrected chi connectivity index (χ1v) is 6.11. The lowest BCUT2D eigenvalue weighted by atomic mass is 10.1. The topological polar surface area (TPSA) is 64.7 Å². The van der Waals surface area contributed by atoms with Crippen LogP contribution in [0.4, 0.5) is 13.2 Å². The number of nitrogens with zero attached hydrogens (tertiary/aromatic N) is 1. The lowest BCUT2D eigenvalue weighted by Gasteiger charge is -2.10. The number of carbonyl (C=O) groups excluding carboxylic acids is 1. The number of ether oxygens (including phenoxy) is 1. The van der Waals surface area contributed by atoms with Gasteiger partial charge in [0.2, 0.25) is 0 Å². The first-order chi connectivity index (χ1) is 8.83. The first-order valence-electron chi connectivity index (χ1n) is 5.23. The van der Waals surface area contributed by atoms with Gasteiger partial charge in [0.05, 0.1) is 5.25 Å². The molecule has 0 spiro atoms. The summed E-state index contributed by atoms with van der Waals surface area (Å²) in [7, 11) is 0. The minimum atomic E-state index is -4.71. The summed E-state index contributed by atoms with van der Waals surface area (Å²) in [6.45, 7) is 0. The normalized spacial score (nSPS) is 19.4. The Morgan fingerprint density at radius 1 is 1.32 bits per heavy atom. The van der Waals surface area contributed by atoms with Crippen molar-refractivity contribution in [2.45, 2.75) is 18.0 Å². The summed E-state index contributed by atoms with van der Waals surface area (Å²) in [5.74, 6) is -0.615. The fourth-order valence-corrected chi connectivity index (χ4v) is 2.44. The van der Waals surface area contributed by atoms with Gasteiger partial charge in [-0.3, -0.25) is 4.79 Å². The van der Waals surface area contributed by atoms with E-state index in [-0.39, 0.29) is 16.8 Å². The molecule has 0 radical (unpaired) electrons. The van der Waals surface area contributed by atoms with Gasteiger partial charge in [0.15, 0.2) is 5.17 Å². The Morgan fingerprint density at radius 3 is 2.42 bits per heavy atom. The molecule has 2 rings (SSSR count). The third-order valence-electron chi connectivity index (χ3n) is 2.34. The maximum absolute atomic E-state index is 12.0. The van der Waals surface area contributed by atoms with Crippen LogP contribution in [0.5, 0.6) is 5.75 Å². The Balaban J connectivity index is 1.98. The average Bonchev–Trinajstić information content (AvgIpc) is 2.58. The minimum absolute atomic E-state index is 0.215. The summed E-state index contributed by atoms with van der Waals surface area (Å²) in [5, 5.41) is -0.193. The lowest BCUT2D eigenvalue weighted by molar-refractivity contribution is -0.274. The van der Waals surface area contributed by atoms with Crippen molar-refractivity contribution in [3.8, 4) is 5.75 Å². The maximum atomic E-state index is 12.0. The Labute approximate surface area is 110 Å². The van der Waals surface area contributed by atoms with Crippen LogP contribution in [-0.4, -0.2) is 22.7 Å². The van der Waals surface area contributed by atoms with Crippen molar-refractivity contribution in [3.63, 3.8) is 0 Å². The predicted octanol–water partition coefficient (Wildman–Crippen LogP) is 2.08. The van der Waals surface area contributed by atoms with Crippen LogP contribution in [0.3, 0.4) is 0 Å². The highest BCUT2D eigenvalue weighted by Gasteiger charge is 2.31. The van der Waals surface area contributed by atoms with Gasteiger partial charge in [-0.2, -0.15) is 4.99 Å². The van der Waals surface area contributed by atoms with Gasteiger partial charge in [-0.25, -0.2) is 0 Å². The number of carbonyl (C=O) groups is 1. The third kappa shape index (κ3) is 3.88. The fraction of sp³-hybridized carbons (Fsp3) is 0.273. The second kappa shape index (κ2) is 5.12. The third-order valence-corrected chi connectivity index (χ3v) is 3.32. The number of nitrogens with two attached hydrogens (primary N) is 1. The number of hydrogen-bond acceptors (Lipinski definition) is 4. The van der Waals surface area contributed by atoms with Gasteiger partial charge in [-0.15, -0.1) is 13.2 Å². The summed E-state index contributed by atoms with van der Waals surface area (Å²) in [6, 6.07) is 5.36. The SMILES string of the molecule is NC1=NC(=O)[C@@H](Cc2ccc(OC(F)(F)F)cc2)S1. The van der Waals surface area contributed by atoms with E-state index in [1.54, 1.807) is 0 Å². The number of benzene rings is 1. The van der Waals surface area contributed by atoms with E-state index in [2.05, 4.69) is 9.73 Å². The zero-order valence-corrected chi connectivity index (χ0v) is 10.3. The Hall–Kier alpha value is -1.70. The predicted molar refractivity (Wildman–Crippen MR) is 64.8 cm³/mol. The lowest BCUT2D eigenvalue weighted by Crippen LogP contribution is -2.17. The average molecular weight is 290 g/mol. The number of thioether (sulfide) groups is 1. The molecule has 102 valence electrons. The van der Waals surface area contributed by atoms with E-state index in [1.807, 2.05) is 0 Å². The van der Waals surface area contributed by atoms with Crippen LogP contribution in [0.1, 0.15) is 5.56 Å². The number of amides is 1. The monoisotopic (exact) mass is 290 g/mol. The molecule has 8 heteroatoms. The van der Waals surface area contributed by atoms with Crippen LogP contribution >= 0.6 is 11.8 Å². The number of rotatable bonds is 3. The molecule has 19 heavy (non-hydrogen) atoms. The zero-order valence-electron chi connectivity index (χ0n) is 9.48. The molecule has 4 nitrogen and oxygen atoms in total. The van der Waals surface area contributed by atoms with E-state index in [9.17, 15) is 18.0 Å². The van der Waals surface area contributed by atoms with Crippen LogP contribution in [0, 0.1) is 0 Å². The van der Waals surface area contributed by atoms with Crippen LogP contribution in [-0.2, 0) is 11.2 Å². The first kappa shape index (κ1) is 13.7. The summed E-state index contributed by atoms with van der Waals surface area (Å²) in [4.78, 5) is 15.0. The van der Waals surface area contributed by atoms with Crippen LogP contribution < -0.4 is 10.5 Å². The molecular weight excluding hydrogens is 281 g/mol. The highest BCUT2D eigenvalue weighted by atomic mass is 32.2. The van der Waals surface area contributed by atoms with Crippen LogP contribution in [0.2, 0.25) is 0 Å². The van der Waals surface area contributed by atoms with E-state index in [4.69, 9.17) is 5.73 Å². The Kier molecular flexibility index (Phi) is 3.70. The molecule has 0 bridgehead atoms. The van der Waals surface area contributed by atoms with Gasteiger partial charge in [-0.1, -0.05) is 23.9 Å². The molecule has 0 saturated heterocycles. The molecule has 0 aromatic heterocycles. The van der Waals surface area contributed by atoms with Crippen molar-refractivity contribution < 1.29 is 22.7 Å². The Morgan fingerprint density at radius 2 is 1.95 bits per heavy atom. The molecule has 2 N–H and O–H groups in total. The number of aliphatic imine (C=N–C) groups is 1. The van der Waals surface area contributed by atoms with Crippen molar-refractivity contribution >= 4 is 22.8 Å². The maximum Gasteiger partial charge on any atom is 0.573 e. The van der Waals surface area contributed by atoms with Gasteiger partial charge in [0, 0.05) is 0 Å². The molecular formula is C11H9F3N2O2S. The minimum Gasteiger partial charge on any atom is -0.406 e. The molecule has 0 saturated carbocycles. The largest absolute Gasteiger partial charge is 0.573 e. The van der Waals surface area contributed by atoms with Gasteiger partial charge in [-0.05, 0) is 24.1 Å². The second-order valence-electron chi connectivity index (χ2n) is 3.79. The van der Waals surface area contributed by atoms with Crippen LogP contribution in [0.25, 0.3) is 0 Å². The van der Waals surface area contributed by atoms with E-state index in [0.29, 0.717) is 12.0 Å². The molecule has 0 aliphatic carbocycles. The van der Waals surface area contributed by atoms with E-state index < -0.39 is 11.6 Å². The molecule has 1 aromatic rings. The number of hydrogen-bond donors (Lipinski definition) is 1. The summed E-state index contributed by atoms with van der Waals surface area (Å²) < 4.78 is 39.6. The fourth-order valence-electron chi connectivity index (χ4n) is 1.57. The van der Waals surface area contributed by atoms with E-state index >= 15 is 0 Å². The zero-order chi connectivity index (χ0) is 14.0. The summed E-state index contributed by atoms with van der Waals surface area (Å²) in [6.07, 6.45) is -4.35. The Bertz CT molecular complexity index is 514. The quantitative estimate of drug-likeness (QED) is 0.925. The number of amidine groups is 1. The van der Waals surface area contributed by atoms with Crippen molar-refractivity contribution in [2.75, 3.05) is 0 Å². The van der Waals surface area contributed by atoms with Crippen molar-refractivity contribution in [1.29, 1.82) is 0 Å². The molecule has 1 aliphatic heterocycles. The smallest absolute Gasteiger partial charge is 0.406 e. The molecule has 1 heterocycles. The molecule has 1 aromatic carbocycles. The standard InChI is InChI=1S/C11H9F3N2O2S/c12-11(13,14)18-7-3-1-6(2-4-7)5-8-9(17)16-10(15)19-8/h1-4,8H,5H2,(H2,15,16,17)/t8-/m1/s1. The molecule has 1 atom stereocenters. The van der Waals surface area contributed by atoms with E-state index in [0.717, 1.165) is 11.8 Å². The van der Waals surface area contributed by atoms with Crippen molar-refractivity contribution in [3.05, 3.63) is 29.8 Å². The van der Waals surface area contributed by atoms with E-state index in [1.165, 1.54) is 24.3 Å². The summed E-state index contributed by atoms with van der Waals surface area (Å²) >= 11 is 1.15. The highest BCUT2D eigenvalue weighted by molar-refractivity contribution is 8.15. The van der Waals surface area contributed by atoms with Gasteiger partial charge < -0.3 is 10.5 Å². The van der Waals surface area contributed by atoms with Gasteiger partial charge >= 0.3 is 6.36 Å². The number of alkyl halides is 3. The molecule has 0 fully saturated rings. The van der Waals surface area contributed by atoms with Crippen molar-refractivity contribution in [1.82, 2.24) is 0 Å². The summed E-state index contributed by atoms with van der Waals surface area (Å²) in [5.41, 5.74) is 6.12. The van der Waals surface area contributed by atoms with Gasteiger partial charge in [0.25, 0.3) is 5.91 Å². The molecule has 0 unspecified atom stereocenters. The van der Waals surface area contributed by atoms with Gasteiger partial charge in [0.1, 0.15) is 5.75 Å². The second-order valence-corrected chi connectivity index (χ2v) is 5.01. The van der Waals surface area contributed by atoms with Crippen molar-refractivity contribution in [2.24, 2.45) is 10.7 Å².